The zero-order valence-electron chi connectivity index (χ0n) is 19.4. The van der Waals surface area contributed by atoms with E-state index in [1.54, 1.807) is 0 Å². The Morgan fingerprint density at radius 1 is 0.765 bits per heavy atom. The minimum absolute atomic E-state index is 0.117. The number of nitrogens with zero attached hydrogens (tertiary/aromatic N) is 6. The third kappa shape index (κ3) is 5.00. The monoisotopic (exact) mass is 450 g/mol. The van der Waals surface area contributed by atoms with Crippen LogP contribution in [0.1, 0.15) is 5.56 Å². The normalized spacial score (nSPS) is 16.2. The fourth-order valence-corrected chi connectivity index (χ4v) is 4.97. The van der Waals surface area contributed by atoms with E-state index in [4.69, 9.17) is 0 Å². The summed E-state index contributed by atoms with van der Waals surface area (Å²) in [6.07, 6.45) is 4.44. The van der Waals surface area contributed by atoms with Gasteiger partial charge in [-0.2, -0.15) is 0 Å². The fourth-order valence-electron chi connectivity index (χ4n) is 4.97. The molecule has 6 nitrogen and oxygen atoms in total. The molecule has 2 heterocycles. The van der Waals surface area contributed by atoms with Gasteiger partial charge < -0.3 is 9.47 Å². The summed E-state index contributed by atoms with van der Waals surface area (Å²) >= 11 is 0. The average Bonchev–Trinajstić information content (AvgIpc) is 3.20. The quantitative estimate of drug-likeness (QED) is 0.193. The molecule has 4 aromatic rings. The lowest BCUT2D eigenvalue weighted by Crippen LogP contribution is -2.48. The summed E-state index contributed by atoms with van der Waals surface area (Å²) in [5, 5.41) is 6.69. The molecule has 0 aliphatic carbocycles. The lowest BCUT2D eigenvalue weighted by Gasteiger charge is -2.35. The van der Waals surface area contributed by atoms with E-state index in [2.05, 4.69) is 109 Å². The third-order valence-corrected chi connectivity index (χ3v) is 6.70. The minimum Gasteiger partial charge on any atom is -0.340 e. The summed E-state index contributed by atoms with van der Waals surface area (Å²) in [6, 6.07) is 27.3. The van der Waals surface area contributed by atoms with E-state index < -0.39 is 0 Å². The number of fused-ring (bicyclic) bond motifs is 3. The van der Waals surface area contributed by atoms with Crippen LogP contribution in [-0.4, -0.2) is 59.7 Å². The van der Waals surface area contributed by atoms with Crippen LogP contribution in [0.4, 0.5) is 0 Å². The molecule has 1 aliphatic heterocycles. The highest BCUT2D eigenvalue weighted by Crippen LogP contribution is 2.29. The molecule has 3 aromatic carbocycles. The first-order chi connectivity index (χ1) is 16.8. The molecule has 1 unspecified atom stereocenters. The molecule has 5 rings (SSSR count). The molecule has 0 amide bonds. The van der Waals surface area contributed by atoms with E-state index in [1.807, 2.05) is 6.07 Å². The summed E-state index contributed by atoms with van der Waals surface area (Å²) in [6.45, 7) is 6.45. The maximum Gasteiger partial charge on any atom is 0.0680 e. The summed E-state index contributed by atoms with van der Waals surface area (Å²) < 4.78 is 2.31. The van der Waals surface area contributed by atoms with Crippen molar-refractivity contribution in [3.05, 3.63) is 101 Å². The van der Waals surface area contributed by atoms with Gasteiger partial charge in [0.1, 0.15) is 0 Å². The van der Waals surface area contributed by atoms with E-state index in [9.17, 15) is 5.53 Å². The van der Waals surface area contributed by atoms with Crippen LogP contribution in [-0.2, 0) is 6.54 Å². The molecular formula is C28H30N6. The number of piperazine rings is 1. The minimum atomic E-state index is -0.117. The van der Waals surface area contributed by atoms with Gasteiger partial charge in [0.15, 0.2) is 0 Å². The second-order valence-corrected chi connectivity index (χ2v) is 8.92. The predicted molar refractivity (Wildman–Crippen MR) is 141 cm³/mol. The van der Waals surface area contributed by atoms with Crippen molar-refractivity contribution in [2.75, 3.05) is 39.3 Å². The van der Waals surface area contributed by atoms with Gasteiger partial charge in [0.05, 0.1) is 6.04 Å². The Kier molecular flexibility index (Phi) is 6.91. The van der Waals surface area contributed by atoms with Crippen molar-refractivity contribution < 1.29 is 0 Å². The molecule has 172 valence electrons. The molecule has 0 bridgehead atoms. The van der Waals surface area contributed by atoms with Crippen LogP contribution in [0.2, 0.25) is 0 Å². The van der Waals surface area contributed by atoms with E-state index in [-0.39, 0.29) is 6.04 Å². The van der Waals surface area contributed by atoms with Gasteiger partial charge in [-0.15, -0.1) is 0 Å². The van der Waals surface area contributed by atoms with Crippen LogP contribution in [0.25, 0.3) is 38.3 Å². The Morgan fingerprint density at radius 3 is 2.00 bits per heavy atom. The molecule has 1 saturated heterocycles. The molecule has 0 saturated carbocycles. The largest absolute Gasteiger partial charge is 0.340 e. The van der Waals surface area contributed by atoms with Gasteiger partial charge in [-0.05, 0) is 23.2 Å². The van der Waals surface area contributed by atoms with Crippen LogP contribution in [0.5, 0.6) is 0 Å². The zero-order valence-corrected chi connectivity index (χ0v) is 19.4. The van der Waals surface area contributed by atoms with Crippen molar-refractivity contribution in [1.29, 1.82) is 0 Å². The summed E-state index contributed by atoms with van der Waals surface area (Å²) in [5.41, 5.74) is 12.9. The molecule has 6 heteroatoms. The molecular weight excluding hydrogens is 420 g/mol. The molecule has 1 aliphatic rings. The van der Waals surface area contributed by atoms with Crippen molar-refractivity contribution in [3.8, 4) is 0 Å². The molecule has 0 radical (unpaired) electrons. The maximum absolute atomic E-state index is 9.27. The van der Waals surface area contributed by atoms with Crippen molar-refractivity contribution in [1.82, 2.24) is 14.4 Å². The van der Waals surface area contributed by atoms with Crippen molar-refractivity contribution in [2.24, 2.45) is 5.11 Å². The first-order valence-corrected chi connectivity index (χ1v) is 12.0. The molecule has 1 aromatic heterocycles. The first kappa shape index (κ1) is 22.2. The number of hydrogen-bond acceptors (Lipinski definition) is 3. The summed E-state index contributed by atoms with van der Waals surface area (Å²) in [7, 11) is 0. The van der Waals surface area contributed by atoms with Crippen LogP contribution in [0.3, 0.4) is 0 Å². The molecule has 1 fully saturated rings. The SMILES string of the molecule is [N-]=[N+]=NC(CN1CCN(C/C=C/c2ccccc2)CC1)Cn1c2ccccc2c2ccccc21. The highest BCUT2D eigenvalue weighted by Gasteiger charge is 2.21. The van der Waals surface area contributed by atoms with Crippen LogP contribution < -0.4 is 0 Å². The number of aromatic nitrogens is 1. The van der Waals surface area contributed by atoms with E-state index >= 15 is 0 Å². The van der Waals surface area contributed by atoms with Gasteiger partial charge in [0.25, 0.3) is 0 Å². The van der Waals surface area contributed by atoms with Crippen LogP contribution in [0, 0.1) is 0 Å². The number of benzene rings is 3. The predicted octanol–water partition coefficient (Wildman–Crippen LogP) is 5.80. The lowest BCUT2D eigenvalue weighted by molar-refractivity contribution is 0.135. The lowest BCUT2D eigenvalue weighted by atomic mass is 10.2. The Balaban J connectivity index is 1.23. The van der Waals surface area contributed by atoms with E-state index in [1.165, 1.54) is 27.4 Å². The molecule has 0 spiro atoms. The first-order valence-electron chi connectivity index (χ1n) is 12.0. The van der Waals surface area contributed by atoms with Gasteiger partial charge in [-0.3, -0.25) is 4.90 Å². The second-order valence-electron chi connectivity index (χ2n) is 8.92. The van der Waals surface area contributed by atoms with Crippen molar-refractivity contribution >= 4 is 27.9 Å². The molecule has 1 atom stereocenters. The standard InChI is InChI=1S/C28H30N6/c29-31-30-24(22-34-27-14-6-4-12-25(27)26-13-5-7-15-28(26)34)21-33-19-17-32(18-20-33)16-8-11-23-9-2-1-3-10-23/h1-15,24H,16-22H2/b11-8+. The van der Waals surface area contributed by atoms with Gasteiger partial charge in [-0.1, -0.05) is 84.0 Å². The van der Waals surface area contributed by atoms with Gasteiger partial charge in [0, 0.05) is 72.5 Å². The van der Waals surface area contributed by atoms with Gasteiger partial charge >= 0.3 is 0 Å². The number of rotatable bonds is 8. The molecule has 0 N–H and O–H groups in total. The topological polar surface area (TPSA) is 60.2 Å². The van der Waals surface area contributed by atoms with Crippen molar-refractivity contribution in [2.45, 2.75) is 12.6 Å². The Hall–Kier alpha value is -3.57. The highest BCUT2D eigenvalue weighted by molar-refractivity contribution is 6.07. The van der Waals surface area contributed by atoms with E-state index in [0.717, 1.165) is 39.3 Å². The number of hydrogen-bond donors (Lipinski definition) is 0. The number of azide groups is 1. The van der Waals surface area contributed by atoms with E-state index in [0.29, 0.717) is 6.54 Å². The second kappa shape index (κ2) is 10.6. The Labute approximate surface area is 200 Å². The summed E-state index contributed by atoms with van der Waals surface area (Å²) in [4.78, 5) is 8.10. The average molecular weight is 451 g/mol. The maximum atomic E-state index is 9.27. The number of para-hydroxylation sites is 2. The zero-order chi connectivity index (χ0) is 23.2. The molecule has 34 heavy (non-hydrogen) atoms. The van der Waals surface area contributed by atoms with Crippen molar-refractivity contribution in [3.63, 3.8) is 0 Å². The van der Waals surface area contributed by atoms with Crippen LogP contribution >= 0.6 is 0 Å². The smallest absolute Gasteiger partial charge is 0.0680 e. The van der Waals surface area contributed by atoms with Gasteiger partial charge in [-0.25, -0.2) is 0 Å². The third-order valence-electron chi connectivity index (χ3n) is 6.70. The summed E-state index contributed by atoms with van der Waals surface area (Å²) in [5.74, 6) is 0. The van der Waals surface area contributed by atoms with Crippen LogP contribution in [0.15, 0.2) is 90.1 Å². The fraction of sp³-hybridized carbons (Fsp3) is 0.286. The van der Waals surface area contributed by atoms with Gasteiger partial charge in [0.2, 0.25) is 0 Å². The Bertz CT molecular complexity index is 1260. The Morgan fingerprint density at radius 2 is 1.35 bits per heavy atom. The highest BCUT2D eigenvalue weighted by atomic mass is 15.3.